The molecule has 0 spiro atoms. The molecule has 0 N–H and O–H groups in total. The third kappa shape index (κ3) is 7.37. The van der Waals surface area contributed by atoms with Gasteiger partial charge in [0.2, 0.25) is 0 Å². The van der Waals surface area contributed by atoms with Crippen LogP contribution in [0.15, 0.2) is 0 Å². The second-order valence-corrected chi connectivity index (χ2v) is 3.69. The lowest BCUT2D eigenvalue weighted by Crippen LogP contribution is -2.26. The summed E-state index contributed by atoms with van der Waals surface area (Å²) < 4.78 is 5.06. The van der Waals surface area contributed by atoms with Gasteiger partial charge >= 0.3 is 5.97 Å². The number of esters is 1. The van der Waals surface area contributed by atoms with Crippen molar-refractivity contribution in [1.29, 1.82) is 0 Å². The van der Waals surface area contributed by atoms with E-state index in [4.69, 9.17) is 4.74 Å². The molecule has 0 bridgehead atoms. The quantitative estimate of drug-likeness (QED) is 0.551. The van der Waals surface area contributed by atoms with E-state index in [1.807, 2.05) is 34.6 Å². The Bertz CT molecular complexity index is 120. The maximum Gasteiger partial charge on any atom is 0.308 e. The van der Waals surface area contributed by atoms with Gasteiger partial charge in [0.1, 0.15) is 5.60 Å². The zero-order valence-electron chi connectivity index (χ0n) is 7.39. The molecule has 0 fully saturated rings. The number of carbonyl (C=O) groups is 1. The van der Waals surface area contributed by atoms with Crippen LogP contribution in [0.25, 0.3) is 0 Å². The van der Waals surface area contributed by atoms with E-state index in [2.05, 4.69) is 0 Å². The fourth-order valence-corrected chi connectivity index (χ4v) is 0.420. The maximum atomic E-state index is 10.9. The molecule has 0 aromatic heterocycles. The standard InChI is InChI=1S/C8H16O2.CH4/c1-6(2)7(9)10-8(3,4)5;/h6H,1-5H3;1H4. The first-order chi connectivity index (χ1) is 4.33. The summed E-state index contributed by atoms with van der Waals surface area (Å²) in [5.74, 6) is -0.160. The lowest BCUT2D eigenvalue weighted by molar-refractivity contribution is -0.158. The Kier molecular flexibility index (Phi) is 5.20. The first-order valence-electron chi connectivity index (χ1n) is 3.56. The SMILES string of the molecule is C.CC(C)C(=O)OC(C)(C)C. The zero-order valence-corrected chi connectivity index (χ0v) is 7.39. The van der Waals surface area contributed by atoms with Gasteiger partial charge in [-0.25, -0.2) is 0 Å². The molecule has 11 heavy (non-hydrogen) atoms. The summed E-state index contributed by atoms with van der Waals surface area (Å²) in [6, 6.07) is 0. The topological polar surface area (TPSA) is 26.3 Å². The van der Waals surface area contributed by atoms with E-state index in [0.717, 1.165) is 0 Å². The number of carbonyl (C=O) groups excluding carboxylic acids is 1. The summed E-state index contributed by atoms with van der Waals surface area (Å²) in [6.07, 6.45) is 0. The molecule has 0 aliphatic carbocycles. The van der Waals surface area contributed by atoms with E-state index >= 15 is 0 Å². The lowest BCUT2D eigenvalue weighted by Gasteiger charge is -2.20. The molecular formula is C9H20O2. The minimum Gasteiger partial charge on any atom is -0.460 e. The van der Waals surface area contributed by atoms with Gasteiger partial charge in [-0.15, -0.1) is 0 Å². The Morgan fingerprint density at radius 3 is 1.73 bits per heavy atom. The van der Waals surface area contributed by atoms with Gasteiger partial charge in [0.15, 0.2) is 0 Å². The predicted octanol–water partition coefficient (Wildman–Crippen LogP) is 2.62. The van der Waals surface area contributed by atoms with Crippen LogP contribution in [0.2, 0.25) is 0 Å². The molecular weight excluding hydrogens is 140 g/mol. The lowest BCUT2D eigenvalue weighted by atomic mass is 10.1. The van der Waals surface area contributed by atoms with Gasteiger partial charge in [0.05, 0.1) is 5.92 Å². The summed E-state index contributed by atoms with van der Waals surface area (Å²) in [4.78, 5) is 10.9. The van der Waals surface area contributed by atoms with Crippen LogP contribution < -0.4 is 0 Å². The summed E-state index contributed by atoms with van der Waals surface area (Å²) >= 11 is 0. The number of rotatable bonds is 1. The first-order valence-corrected chi connectivity index (χ1v) is 3.56. The molecule has 2 nitrogen and oxygen atoms in total. The third-order valence-corrected chi connectivity index (χ3v) is 0.878. The molecule has 0 saturated heterocycles. The molecule has 68 valence electrons. The van der Waals surface area contributed by atoms with Crippen molar-refractivity contribution in [2.75, 3.05) is 0 Å². The second kappa shape index (κ2) is 4.37. The minimum absolute atomic E-state index is 0. The van der Waals surface area contributed by atoms with Crippen molar-refractivity contribution < 1.29 is 9.53 Å². The van der Waals surface area contributed by atoms with Gasteiger partial charge in [-0.3, -0.25) is 4.79 Å². The van der Waals surface area contributed by atoms with E-state index in [9.17, 15) is 4.79 Å². The highest BCUT2D eigenvalue weighted by atomic mass is 16.6. The molecule has 0 aromatic carbocycles. The van der Waals surface area contributed by atoms with Crippen LogP contribution in [0.3, 0.4) is 0 Å². The van der Waals surface area contributed by atoms with Crippen molar-refractivity contribution in [3.05, 3.63) is 0 Å². The van der Waals surface area contributed by atoms with E-state index in [0.29, 0.717) is 0 Å². The zero-order chi connectivity index (χ0) is 8.36. The molecule has 0 aliphatic heterocycles. The Balaban J connectivity index is 0. The largest absolute Gasteiger partial charge is 0.460 e. The highest BCUT2D eigenvalue weighted by Crippen LogP contribution is 2.10. The van der Waals surface area contributed by atoms with Crippen molar-refractivity contribution in [2.45, 2.75) is 47.6 Å². The number of hydrogen-bond acceptors (Lipinski definition) is 2. The Morgan fingerprint density at radius 2 is 1.64 bits per heavy atom. The van der Waals surface area contributed by atoms with Crippen LogP contribution in [0, 0.1) is 5.92 Å². The summed E-state index contributed by atoms with van der Waals surface area (Å²) in [5.41, 5.74) is -0.346. The van der Waals surface area contributed by atoms with E-state index in [-0.39, 0.29) is 24.9 Å². The van der Waals surface area contributed by atoms with Crippen LogP contribution in [-0.2, 0) is 9.53 Å². The van der Waals surface area contributed by atoms with Crippen molar-refractivity contribution in [3.63, 3.8) is 0 Å². The molecule has 0 amide bonds. The molecule has 0 rings (SSSR count). The average Bonchev–Trinajstić information content (AvgIpc) is 1.60. The molecule has 0 unspecified atom stereocenters. The fourth-order valence-electron chi connectivity index (χ4n) is 0.420. The van der Waals surface area contributed by atoms with Crippen LogP contribution in [0.1, 0.15) is 42.0 Å². The van der Waals surface area contributed by atoms with E-state index in [1.165, 1.54) is 0 Å². The molecule has 0 heterocycles. The van der Waals surface area contributed by atoms with Crippen LogP contribution >= 0.6 is 0 Å². The van der Waals surface area contributed by atoms with Gasteiger partial charge in [-0.2, -0.15) is 0 Å². The Hall–Kier alpha value is -0.530. The number of ether oxygens (including phenoxy) is 1. The Morgan fingerprint density at radius 1 is 1.27 bits per heavy atom. The van der Waals surface area contributed by atoms with Crippen molar-refractivity contribution in [1.82, 2.24) is 0 Å². The normalized spacial score (nSPS) is 10.7. The predicted molar refractivity (Wildman–Crippen MR) is 47.4 cm³/mol. The van der Waals surface area contributed by atoms with Crippen LogP contribution in [0.4, 0.5) is 0 Å². The van der Waals surface area contributed by atoms with Crippen LogP contribution in [0.5, 0.6) is 0 Å². The Labute approximate surface area is 69.9 Å². The number of hydrogen-bond donors (Lipinski definition) is 0. The van der Waals surface area contributed by atoms with Crippen molar-refractivity contribution in [3.8, 4) is 0 Å². The van der Waals surface area contributed by atoms with Gasteiger partial charge < -0.3 is 4.74 Å². The monoisotopic (exact) mass is 160 g/mol. The molecule has 0 aliphatic rings. The molecule has 0 atom stereocenters. The summed E-state index contributed by atoms with van der Waals surface area (Å²) in [7, 11) is 0. The highest BCUT2D eigenvalue weighted by Gasteiger charge is 2.17. The van der Waals surface area contributed by atoms with E-state index < -0.39 is 0 Å². The van der Waals surface area contributed by atoms with E-state index in [1.54, 1.807) is 0 Å². The van der Waals surface area contributed by atoms with Gasteiger partial charge in [-0.1, -0.05) is 21.3 Å². The first kappa shape index (κ1) is 13.1. The fraction of sp³-hybridized carbons (Fsp3) is 0.889. The van der Waals surface area contributed by atoms with Gasteiger partial charge in [0, 0.05) is 0 Å². The molecule has 0 radical (unpaired) electrons. The maximum absolute atomic E-state index is 10.9. The van der Waals surface area contributed by atoms with Gasteiger partial charge in [0.25, 0.3) is 0 Å². The van der Waals surface area contributed by atoms with Crippen molar-refractivity contribution >= 4 is 5.97 Å². The average molecular weight is 160 g/mol. The smallest absolute Gasteiger partial charge is 0.308 e. The summed E-state index contributed by atoms with van der Waals surface area (Å²) in [6.45, 7) is 9.26. The molecule has 2 heteroatoms. The van der Waals surface area contributed by atoms with Crippen molar-refractivity contribution in [2.24, 2.45) is 5.92 Å². The second-order valence-electron chi connectivity index (χ2n) is 3.69. The molecule has 0 saturated carbocycles. The third-order valence-electron chi connectivity index (χ3n) is 0.878. The molecule has 0 aromatic rings. The van der Waals surface area contributed by atoms with Gasteiger partial charge in [-0.05, 0) is 20.8 Å². The highest BCUT2D eigenvalue weighted by molar-refractivity contribution is 5.71. The summed E-state index contributed by atoms with van der Waals surface area (Å²) in [5, 5.41) is 0. The minimum atomic E-state index is -0.346. The van der Waals surface area contributed by atoms with Crippen LogP contribution in [-0.4, -0.2) is 11.6 Å².